The lowest BCUT2D eigenvalue weighted by molar-refractivity contribution is 0.370. The Bertz CT molecular complexity index is 640. The van der Waals surface area contributed by atoms with Gasteiger partial charge in [-0.25, -0.2) is 9.07 Å². The zero-order chi connectivity index (χ0) is 14.9. The number of rotatable bonds is 4. The largest absolute Gasteiger partial charge is 0.481 e. The molecule has 0 atom stereocenters. The Labute approximate surface area is 126 Å². The molecular weight excluding hydrogens is 325 g/mol. The van der Waals surface area contributed by atoms with Crippen LogP contribution in [0.5, 0.6) is 5.88 Å². The number of benzene rings is 1. The van der Waals surface area contributed by atoms with Crippen LogP contribution < -0.4 is 10.1 Å². The predicted molar refractivity (Wildman–Crippen MR) is 80.7 cm³/mol. The highest BCUT2D eigenvalue weighted by molar-refractivity contribution is 9.10. The molecule has 4 nitrogen and oxygen atoms in total. The van der Waals surface area contributed by atoms with E-state index in [0.717, 1.165) is 28.4 Å². The fraction of sp³-hybridized carbons (Fsp3) is 0.357. The van der Waals surface area contributed by atoms with Crippen molar-refractivity contribution in [2.75, 3.05) is 12.4 Å². The van der Waals surface area contributed by atoms with Crippen LogP contribution in [0.4, 0.5) is 10.1 Å². The Morgan fingerprint density at radius 2 is 2.10 bits per heavy atom. The molecule has 0 bridgehead atoms. The second-order valence-corrected chi connectivity index (χ2v) is 5.49. The molecule has 1 heterocycles. The number of nitrogens with zero attached hydrogens (tertiary/aromatic N) is 2. The average Bonchev–Trinajstić information content (AvgIpc) is 2.66. The summed E-state index contributed by atoms with van der Waals surface area (Å²) in [5, 5.41) is 7.63. The van der Waals surface area contributed by atoms with Gasteiger partial charge in [0.2, 0.25) is 5.88 Å². The molecule has 0 saturated carbocycles. The van der Waals surface area contributed by atoms with Crippen molar-refractivity contribution < 1.29 is 9.13 Å². The minimum Gasteiger partial charge on any atom is -0.481 e. The van der Waals surface area contributed by atoms with Crippen LogP contribution in [-0.4, -0.2) is 16.9 Å². The third-order valence-electron chi connectivity index (χ3n) is 3.21. The molecule has 0 unspecified atom stereocenters. The monoisotopic (exact) mass is 341 g/mol. The Morgan fingerprint density at radius 3 is 2.75 bits per heavy atom. The van der Waals surface area contributed by atoms with Gasteiger partial charge in [0, 0.05) is 19.3 Å². The van der Waals surface area contributed by atoms with E-state index < -0.39 is 0 Å². The van der Waals surface area contributed by atoms with Gasteiger partial charge in [-0.3, -0.25) is 0 Å². The number of halogens is 2. The summed E-state index contributed by atoms with van der Waals surface area (Å²) >= 11 is 3.20. The molecule has 0 aliphatic carbocycles. The van der Waals surface area contributed by atoms with Crippen LogP contribution >= 0.6 is 15.9 Å². The van der Waals surface area contributed by atoms with E-state index in [1.54, 1.807) is 17.9 Å². The maximum atomic E-state index is 13.4. The summed E-state index contributed by atoms with van der Waals surface area (Å²) in [6.07, 6.45) is 0. The van der Waals surface area contributed by atoms with E-state index in [0.29, 0.717) is 11.0 Å². The van der Waals surface area contributed by atoms with Gasteiger partial charge in [0.25, 0.3) is 0 Å². The van der Waals surface area contributed by atoms with Gasteiger partial charge in [-0.2, -0.15) is 5.10 Å². The molecule has 2 rings (SSSR count). The molecule has 1 aromatic heterocycles. The molecule has 2 aromatic rings. The van der Waals surface area contributed by atoms with Crippen molar-refractivity contribution in [3.05, 3.63) is 39.2 Å². The maximum Gasteiger partial charge on any atom is 0.216 e. The lowest BCUT2D eigenvalue weighted by Gasteiger charge is -2.11. The smallest absolute Gasteiger partial charge is 0.216 e. The van der Waals surface area contributed by atoms with E-state index >= 15 is 0 Å². The highest BCUT2D eigenvalue weighted by Gasteiger charge is 2.14. The quantitative estimate of drug-likeness (QED) is 0.924. The molecule has 0 fully saturated rings. The summed E-state index contributed by atoms with van der Waals surface area (Å²) in [7, 11) is 3.47. The summed E-state index contributed by atoms with van der Waals surface area (Å²) in [6.45, 7) is 4.37. The number of hydrogen-bond donors (Lipinski definition) is 1. The number of aromatic nitrogens is 2. The second-order valence-electron chi connectivity index (χ2n) is 4.63. The summed E-state index contributed by atoms with van der Waals surface area (Å²) in [5.41, 5.74) is 3.64. The van der Waals surface area contributed by atoms with E-state index in [4.69, 9.17) is 4.74 Å². The normalized spacial score (nSPS) is 10.7. The fourth-order valence-electron chi connectivity index (χ4n) is 2.16. The Balaban J connectivity index is 2.23. The van der Waals surface area contributed by atoms with Crippen LogP contribution in [0.25, 0.3) is 0 Å². The van der Waals surface area contributed by atoms with Gasteiger partial charge in [0.15, 0.2) is 0 Å². The molecule has 6 heteroatoms. The lowest BCUT2D eigenvalue weighted by atomic mass is 10.2. The van der Waals surface area contributed by atoms with E-state index in [9.17, 15) is 4.39 Å². The molecule has 1 aromatic carbocycles. The predicted octanol–water partition coefficient (Wildman–Crippen LogP) is 3.56. The van der Waals surface area contributed by atoms with Gasteiger partial charge < -0.3 is 10.1 Å². The summed E-state index contributed by atoms with van der Waals surface area (Å²) in [6, 6.07) is 3.24. The maximum absolute atomic E-state index is 13.4. The van der Waals surface area contributed by atoms with Crippen LogP contribution in [0.3, 0.4) is 0 Å². The van der Waals surface area contributed by atoms with E-state index in [-0.39, 0.29) is 5.82 Å². The van der Waals surface area contributed by atoms with Gasteiger partial charge in [-0.05, 0) is 47.5 Å². The molecular formula is C14H17BrFN3O. The van der Waals surface area contributed by atoms with Gasteiger partial charge >= 0.3 is 0 Å². The Morgan fingerprint density at radius 1 is 1.40 bits per heavy atom. The third-order valence-corrected chi connectivity index (χ3v) is 3.81. The first-order chi connectivity index (χ1) is 9.43. The van der Waals surface area contributed by atoms with E-state index in [1.165, 1.54) is 6.07 Å². The lowest BCUT2D eigenvalue weighted by Crippen LogP contribution is -2.04. The van der Waals surface area contributed by atoms with Gasteiger partial charge in [-0.15, -0.1) is 0 Å². The molecule has 1 N–H and O–H groups in total. The topological polar surface area (TPSA) is 39.1 Å². The molecule has 0 aliphatic rings. The van der Waals surface area contributed by atoms with Crippen molar-refractivity contribution in [2.24, 2.45) is 7.05 Å². The summed E-state index contributed by atoms with van der Waals surface area (Å²) < 4.78 is 20.9. The highest BCUT2D eigenvalue weighted by Crippen LogP contribution is 2.26. The van der Waals surface area contributed by atoms with Crippen molar-refractivity contribution >= 4 is 21.6 Å². The summed E-state index contributed by atoms with van der Waals surface area (Å²) in [4.78, 5) is 0. The number of ether oxygens (including phenoxy) is 1. The van der Waals surface area contributed by atoms with E-state index in [1.807, 2.05) is 20.9 Å². The fourth-order valence-corrected chi connectivity index (χ4v) is 2.50. The summed E-state index contributed by atoms with van der Waals surface area (Å²) in [5.74, 6) is 0.469. The molecule has 0 radical (unpaired) electrons. The van der Waals surface area contributed by atoms with Crippen molar-refractivity contribution in [3.63, 3.8) is 0 Å². The van der Waals surface area contributed by atoms with Crippen molar-refractivity contribution in [1.82, 2.24) is 9.78 Å². The minimum atomic E-state index is -0.261. The molecule has 0 aliphatic heterocycles. The molecule has 108 valence electrons. The molecule has 0 amide bonds. The Kier molecular flexibility index (Phi) is 4.32. The minimum absolute atomic E-state index is 0.261. The number of hydrogen-bond acceptors (Lipinski definition) is 3. The van der Waals surface area contributed by atoms with Crippen molar-refractivity contribution in [1.29, 1.82) is 0 Å². The molecule has 0 spiro atoms. The van der Waals surface area contributed by atoms with E-state index in [2.05, 4.69) is 26.3 Å². The van der Waals surface area contributed by atoms with Crippen LogP contribution in [0.15, 0.2) is 16.6 Å². The highest BCUT2D eigenvalue weighted by atomic mass is 79.9. The van der Waals surface area contributed by atoms with Crippen molar-refractivity contribution in [2.45, 2.75) is 20.4 Å². The van der Waals surface area contributed by atoms with Crippen LogP contribution in [0.1, 0.15) is 16.8 Å². The van der Waals surface area contributed by atoms with Gasteiger partial charge in [-0.1, -0.05) is 0 Å². The number of nitrogens with one attached hydrogen (secondary N) is 1. The van der Waals surface area contributed by atoms with Crippen LogP contribution in [0.2, 0.25) is 0 Å². The van der Waals surface area contributed by atoms with Gasteiger partial charge in [0.05, 0.1) is 22.8 Å². The molecule has 0 saturated heterocycles. The molecule has 20 heavy (non-hydrogen) atoms. The van der Waals surface area contributed by atoms with Crippen LogP contribution in [0, 0.1) is 19.7 Å². The van der Waals surface area contributed by atoms with Crippen LogP contribution in [-0.2, 0) is 13.6 Å². The third kappa shape index (κ3) is 2.80. The average molecular weight is 342 g/mol. The number of methoxy groups -OCH3 is 1. The standard InChI is InChI=1S/C14H17BrFN3O/c1-8-5-12(16)11(15)6-13(8)17-7-10-9(2)18-19(3)14(10)20-4/h5-6,17H,7H2,1-4H3. The second kappa shape index (κ2) is 5.83. The zero-order valence-corrected chi connectivity index (χ0v) is 13.5. The SMILES string of the molecule is COc1c(CNc2cc(Br)c(F)cc2C)c(C)nn1C. The zero-order valence-electron chi connectivity index (χ0n) is 11.9. The first-order valence-electron chi connectivity index (χ1n) is 6.20. The first-order valence-corrected chi connectivity index (χ1v) is 6.99. The number of aryl methyl sites for hydroxylation is 3. The van der Waals surface area contributed by atoms with Crippen molar-refractivity contribution in [3.8, 4) is 5.88 Å². The Hall–Kier alpha value is -1.56. The number of anilines is 1. The van der Waals surface area contributed by atoms with Gasteiger partial charge in [0.1, 0.15) is 5.82 Å². The first kappa shape index (κ1) is 14.8.